The summed E-state index contributed by atoms with van der Waals surface area (Å²) < 4.78 is 5.78. The number of fused-ring (bicyclic) bond motifs is 2. The van der Waals surface area contributed by atoms with E-state index in [1.807, 2.05) is 54.6 Å². The van der Waals surface area contributed by atoms with Crippen molar-refractivity contribution in [2.75, 3.05) is 0 Å². The molecule has 6 heteroatoms. The van der Waals surface area contributed by atoms with Crippen LogP contribution < -0.4 is 5.32 Å². The maximum absolute atomic E-state index is 12.7. The van der Waals surface area contributed by atoms with Crippen molar-refractivity contribution in [2.24, 2.45) is 0 Å². The molecule has 27 heavy (non-hydrogen) atoms. The van der Waals surface area contributed by atoms with Crippen LogP contribution in [0, 0.1) is 0 Å². The molecular formula is C21H17N3O2S. The van der Waals surface area contributed by atoms with Crippen LogP contribution in [-0.2, 0) is 5.75 Å². The topological polar surface area (TPSA) is 68.0 Å². The van der Waals surface area contributed by atoms with Gasteiger partial charge in [-0.3, -0.25) is 4.79 Å². The van der Waals surface area contributed by atoms with Gasteiger partial charge in [0.1, 0.15) is 5.52 Å². The molecule has 1 aliphatic carbocycles. The number of rotatable bonds is 5. The lowest BCUT2D eigenvalue weighted by Crippen LogP contribution is -2.25. The Labute approximate surface area is 160 Å². The molecule has 0 saturated heterocycles. The van der Waals surface area contributed by atoms with E-state index in [1.165, 1.54) is 11.8 Å². The maximum atomic E-state index is 12.7. The molecule has 1 saturated carbocycles. The predicted octanol–water partition coefficient (Wildman–Crippen LogP) is 4.56. The maximum Gasteiger partial charge on any atom is 0.252 e. The Kier molecular flexibility index (Phi) is 4.05. The Balaban J connectivity index is 1.44. The fourth-order valence-electron chi connectivity index (χ4n) is 3.02. The van der Waals surface area contributed by atoms with Crippen LogP contribution in [0.5, 0.6) is 0 Å². The molecule has 4 aromatic rings. The van der Waals surface area contributed by atoms with Crippen molar-refractivity contribution >= 4 is 39.7 Å². The number of para-hydroxylation sites is 3. The van der Waals surface area contributed by atoms with Gasteiger partial charge in [-0.25, -0.2) is 9.97 Å². The Bertz CT molecular complexity index is 1120. The molecule has 2 heterocycles. The van der Waals surface area contributed by atoms with Crippen LogP contribution in [0.3, 0.4) is 0 Å². The minimum Gasteiger partial charge on any atom is -0.440 e. The SMILES string of the molecule is O=C(NC1CC1)c1cc(SCc2nc3ccccc3o2)nc2ccccc12. The van der Waals surface area contributed by atoms with E-state index in [0.717, 1.165) is 39.9 Å². The molecular weight excluding hydrogens is 358 g/mol. The van der Waals surface area contributed by atoms with Gasteiger partial charge in [-0.1, -0.05) is 42.1 Å². The summed E-state index contributed by atoms with van der Waals surface area (Å²) in [7, 11) is 0. The molecule has 1 fully saturated rings. The molecule has 0 aliphatic heterocycles. The number of aromatic nitrogens is 2. The zero-order chi connectivity index (χ0) is 18.2. The number of thioether (sulfide) groups is 1. The van der Waals surface area contributed by atoms with Crippen molar-refractivity contribution in [3.8, 4) is 0 Å². The van der Waals surface area contributed by atoms with E-state index < -0.39 is 0 Å². The summed E-state index contributed by atoms with van der Waals surface area (Å²) in [5.74, 6) is 1.18. The van der Waals surface area contributed by atoms with Gasteiger partial charge in [0.05, 0.1) is 21.9 Å². The number of benzene rings is 2. The molecule has 5 nitrogen and oxygen atoms in total. The van der Waals surface area contributed by atoms with Crippen LogP contribution in [0.4, 0.5) is 0 Å². The van der Waals surface area contributed by atoms with Crippen molar-refractivity contribution in [3.63, 3.8) is 0 Å². The Morgan fingerprint density at radius 2 is 1.85 bits per heavy atom. The van der Waals surface area contributed by atoms with Gasteiger partial charge in [0.2, 0.25) is 5.89 Å². The molecule has 134 valence electrons. The molecule has 1 N–H and O–H groups in total. The predicted molar refractivity (Wildman–Crippen MR) is 106 cm³/mol. The summed E-state index contributed by atoms with van der Waals surface area (Å²) in [5.41, 5.74) is 3.13. The highest BCUT2D eigenvalue weighted by atomic mass is 32.2. The van der Waals surface area contributed by atoms with E-state index in [-0.39, 0.29) is 5.91 Å². The summed E-state index contributed by atoms with van der Waals surface area (Å²) in [6.07, 6.45) is 2.13. The summed E-state index contributed by atoms with van der Waals surface area (Å²) in [5, 5.41) is 4.74. The molecule has 5 rings (SSSR count). The first kappa shape index (κ1) is 16.3. The molecule has 2 aromatic heterocycles. The minimum atomic E-state index is -0.0280. The van der Waals surface area contributed by atoms with Crippen molar-refractivity contribution in [1.82, 2.24) is 15.3 Å². The van der Waals surface area contributed by atoms with Crippen LogP contribution >= 0.6 is 11.8 Å². The first-order valence-corrected chi connectivity index (χ1v) is 9.93. The van der Waals surface area contributed by atoms with Gasteiger partial charge in [-0.15, -0.1) is 0 Å². The zero-order valence-corrected chi connectivity index (χ0v) is 15.3. The third-order valence-corrected chi connectivity index (χ3v) is 5.43. The van der Waals surface area contributed by atoms with E-state index in [4.69, 9.17) is 9.40 Å². The minimum absolute atomic E-state index is 0.0280. The number of pyridine rings is 1. The fourth-order valence-corrected chi connectivity index (χ4v) is 3.78. The average molecular weight is 375 g/mol. The summed E-state index contributed by atoms with van der Waals surface area (Å²) in [6, 6.07) is 17.7. The van der Waals surface area contributed by atoms with Crippen LogP contribution in [0.2, 0.25) is 0 Å². The highest BCUT2D eigenvalue weighted by molar-refractivity contribution is 7.98. The second-order valence-corrected chi connectivity index (χ2v) is 7.63. The number of nitrogens with zero attached hydrogens (tertiary/aromatic N) is 2. The molecule has 0 radical (unpaired) electrons. The van der Waals surface area contributed by atoms with E-state index in [9.17, 15) is 4.79 Å². The third kappa shape index (κ3) is 3.40. The van der Waals surface area contributed by atoms with Gasteiger partial charge in [0.25, 0.3) is 5.91 Å². The first-order valence-electron chi connectivity index (χ1n) is 8.94. The molecule has 0 bridgehead atoms. The fraction of sp³-hybridized carbons (Fsp3) is 0.190. The average Bonchev–Trinajstić information content (AvgIpc) is 3.41. The summed E-state index contributed by atoms with van der Waals surface area (Å²) in [4.78, 5) is 21.9. The zero-order valence-electron chi connectivity index (χ0n) is 14.5. The van der Waals surface area contributed by atoms with Gasteiger partial charge in [-0.2, -0.15) is 0 Å². The van der Waals surface area contributed by atoms with E-state index >= 15 is 0 Å². The van der Waals surface area contributed by atoms with Gasteiger partial charge in [0.15, 0.2) is 5.58 Å². The Morgan fingerprint density at radius 1 is 1.07 bits per heavy atom. The van der Waals surface area contributed by atoms with Crippen LogP contribution in [0.25, 0.3) is 22.0 Å². The van der Waals surface area contributed by atoms with Crippen LogP contribution in [0.1, 0.15) is 29.1 Å². The van der Waals surface area contributed by atoms with Gasteiger partial charge in [0, 0.05) is 11.4 Å². The molecule has 1 aliphatic rings. The van der Waals surface area contributed by atoms with E-state index in [2.05, 4.69) is 10.3 Å². The van der Waals surface area contributed by atoms with Gasteiger partial charge in [-0.05, 0) is 37.1 Å². The lowest BCUT2D eigenvalue weighted by atomic mass is 10.1. The Morgan fingerprint density at radius 3 is 2.67 bits per heavy atom. The molecule has 0 atom stereocenters. The second kappa shape index (κ2) is 6.70. The van der Waals surface area contributed by atoms with Crippen molar-refractivity contribution in [3.05, 3.63) is 66.1 Å². The lowest BCUT2D eigenvalue weighted by molar-refractivity contribution is 0.0952. The molecule has 0 spiro atoms. The van der Waals surface area contributed by atoms with E-state index in [1.54, 1.807) is 0 Å². The number of hydrogen-bond donors (Lipinski definition) is 1. The number of hydrogen-bond acceptors (Lipinski definition) is 5. The highest BCUT2D eigenvalue weighted by Crippen LogP contribution is 2.28. The third-order valence-electron chi connectivity index (χ3n) is 4.53. The van der Waals surface area contributed by atoms with Crippen LogP contribution in [-0.4, -0.2) is 21.9 Å². The van der Waals surface area contributed by atoms with E-state index in [0.29, 0.717) is 23.2 Å². The normalized spacial score (nSPS) is 13.9. The van der Waals surface area contributed by atoms with Crippen molar-refractivity contribution in [2.45, 2.75) is 29.7 Å². The summed E-state index contributed by atoms with van der Waals surface area (Å²) in [6.45, 7) is 0. The number of carbonyl (C=O) groups is 1. The smallest absolute Gasteiger partial charge is 0.252 e. The standard InChI is InChI=1S/C21H17N3O2S/c25-21(22-13-9-10-13)15-11-20(24-16-6-2-1-5-14(15)16)27-12-19-23-17-7-3-4-8-18(17)26-19/h1-8,11,13H,9-10,12H2,(H,22,25). The largest absolute Gasteiger partial charge is 0.440 e. The highest BCUT2D eigenvalue weighted by Gasteiger charge is 2.25. The second-order valence-electron chi connectivity index (χ2n) is 6.64. The summed E-state index contributed by atoms with van der Waals surface area (Å²) >= 11 is 1.52. The van der Waals surface area contributed by atoms with Crippen molar-refractivity contribution in [1.29, 1.82) is 0 Å². The first-order chi connectivity index (χ1) is 13.3. The van der Waals surface area contributed by atoms with Crippen LogP contribution in [0.15, 0.2) is 64.0 Å². The Hall–Kier alpha value is -2.86. The number of amides is 1. The lowest BCUT2D eigenvalue weighted by Gasteiger charge is -2.09. The number of carbonyl (C=O) groups excluding carboxylic acids is 1. The monoisotopic (exact) mass is 375 g/mol. The van der Waals surface area contributed by atoms with Gasteiger partial charge >= 0.3 is 0 Å². The van der Waals surface area contributed by atoms with Crippen molar-refractivity contribution < 1.29 is 9.21 Å². The molecule has 1 amide bonds. The quantitative estimate of drug-likeness (QED) is 0.518. The van der Waals surface area contributed by atoms with Gasteiger partial charge < -0.3 is 9.73 Å². The number of oxazole rings is 1. The number of nitrogens with one attached hydrogen (secondary N) is 1. The molecule has 2 aromatic carbocycles. The molecule has 0 unspecified atom stereocenters.